The third kappa shape index (κ3) is 3.63. The minimum Gasteiger partial charge on any atom is -0.369 e. The number of guanidine groups is 1. The van der Waals surface area contributed by atoms with E-state index in [9.17, 15) is 9.18 Å². The second-order valence-corrected chi connectivity index (χ2v) is 2.68. The SMILES string of the molecule is CNC(=O)NC(N)=Nc1ccc(F)cc1. The Bertz CT molecular complexity index is 374. The molecule has 0 atom stereocenters. The van der Waals surface area contributed by atoms with Gasteiger partial charge in [-0.15, -0.1) is 0 Å². The molecule has 2 amide bonds. The molecule has 0 aromatic heterocycles. The van der Waals surface area contributed by atoms with Crippen LogP contribution in [0.15, 0.2) is 29.3 Å². The number of halogens is 1. The van der Waals surface area contributed by atoms with Crippen LogP contribution in [0.5, 0.6) is 0 Å². The number of urea groups is 1. The molecule has 1 rings (SSSR count). The Morgan fingerprint density at radius 2 is 2.00 bits per heavy atom. The Morgan fingerprint density at radius 1 is 1.40 bits per heavy atom. The highest BCUT2D eigenvalue weighted by Gasteiger charge is 1.98. The molecule has 1 aromatic rings. The van der Waals surface area contributed by atoms with Crippen molar-refractivity contribution < 1.29 is 9.18 Å². The molecule has 0 saturated heterocycles. The van der Waals surface area contributed by atoms with Crippen LogP contribution in [0.25, 0.3) is 0 Å². The Labute approximate surface area is 86.2 Å². The minimum atomic E-state index is -0.460. The molecular weight excluding hydrogens is 199 g/mol. The molecule has 0 fully saturated rings. The largest absolute Gasteiger partial charge is 0.369 e. The number of hydrogen-bond acceptors (Lipinski definition) is 2. The molecule has 0 heterocycles. The maximum Gasteiger partial charge on any atom is 0.321 e. The maximum absolute atomic E-state index is 12.5. The first kappa shape index (κ1) is 11.0. The van der Waals surface area contributed by atoms with E-state index in [0.29, 0.717) is 5.69 Å². The van der Waals surface area contributed by atoms with Crippen LogP contribution in [0, 0.1) is 5.82 Å². The highest BCUT2D eigenvalue weighted by Crippen LogP contribution is 2.11. The number of nitrogens with one attached hydrogen (secondary N) is 2. The van der Waals surface area contributed by atoms with Crippen LogP contribution < -0.4 is 16.4 Å². The molecule has 0 aliphatic carbocycles. The van der Waals surface area contributed by atoms with E-state index in [1.54, 1.807) is 0 Å². The first-order valence-electron chi connectivity index (χ1n) is 4.20. The lowest BCUT2D eigenvalue weighted by Crippen LogP contribution is -2.41. The summed E-state index contributed by atoms with van der Waals surface area (Å²) in [5.41, 5.74) is 5.87. The van der Waals surface area contributed by atoms with Crippen molar-refractivity contribution in [3.05, 3.63) is 30.1 Å². The van der Waals surface area contributed by atoms with E-state index >= 15 is 0 Å². The predicted octanol–water partition coefficient (Wildman–Crippen LogP) is 0.701. The third-order valence-corrected chi connectivity index (χ3v) is 1.54. The van der Waals surface area contributed by atoms with E-state index in [2.05, 4.69) is 15.6 Å². The zero-order valence-corrected chi connectivity index (χ0v) is 8.12. The summed E-state index contributed by atoms with van der Waals surface area (Å²) in [6.07, 6.45) is 0. The van der Waals surface area contributed by atoms with Crippen molar-refractivity contribution in [3.63, 3.8) is 0 Å². The summed E-state index contributed by atoms with van der Waals surface area (Å²) in [4.78, 5) is 14.7. The second kappa shape index (κ2) is 4.94. The van der Waals surface area contributed by atoms with Gasteiger partial charge in [0.05, 0.1) is 5.69 Å². The van der Waals surface area contributed by atoms with Gasteiger partial charge in [0.1, 0.15) is 5.82 Å². The van der Waals surface area contributed by atoms with Crippen molar-refractivity contribution in [2.45, 2.75) is 0 Å². The van der Waals surface area contributed by atoms with Crippen molar-refractivity contribution in [1.82, 2.24) is 10.6 Å². The molecule has 5 nitrogen and oxygen atoms in total. The molecule has 0 bridgehead atoms. The summed E-state index contributed by atoms with van der Waals surface area (Å²) in [5, 5.41) is 4.60. The van der Waals surface area contributed by atoms with Gasteiger partial charge >= 0.3 is 6.03 Å². The molecule has 0 aliphatic rings. The van der Waals surface area contributed by atoms with E-state index < -0.39 is 6.03 Å². The number of amides is 2. The van der Waals surface area contributed by atoms with Gasteiger partial charge in [-0.25, -0.2) is 14.2 Å². The number of benzene rings is 1. The van der Waals surface area contributed by atoms with Crippen LogP contribution in [0.4, 0.5) is 14.9 Å². The van der Waals surface area contributed by atoms with E-state index in [0.717, 1.165) is 0 Å². The van der Waals surface area contributed by atoms with Gasteiger partial charge in [-0.05, 0) is 24.3 Å². The first-order valence-corrected chi connectivity index (χ1v) is 4.20. The fraction of sp³-hybridized carbons (Fsp3) is 0.111. The van der Waals surface area contributed by atoms with Crippen molar-refractivity contribution >= 4 is 17.7 Å². The average Bonchev–Trinajstić information content (AvgIpc) is 2.21. The smallest absolute Gasteiger partial charge is 0.321 e. The fourth-order valence-corrected chi connectivity index (χ4v) is 0.861. The second-order valence-electron chi connectivity index (χ2n) is 2.68. The number of hydrogen-bond donors (Lipinski definition) is 3. The van der Waals surface area contributed by atoms with Crippen LogP contribution in [-0.4, -0.2) is 19.0 Å². The third-order valence-electron chi connectivity index (χ3n) is 1.54. The van der Waals surface area contributed by atoms with E-state index in [4.69, 9.17) is 5.73 Å². The Morgan fingerprint density at radius 3 is 2.53 bits per heavy atom. The van der Waals surface area contributed by atoms with E-state index in [-0.39, 0.29) is 11.8 Å². The molecule has 6 heteroatoms. The topological polar surface area (TPSA) is 79.5 Å². The quantitative estimate of drug-likeness (QED) is 0.471. The molecule has 0 spiro atoms. The maximum atomic E-state index is 12.5. The standard InChI is InChI=1S/C9H11FN4O/c1-12-9(15)14-8(11)13-7-4-2-6(10)3-5-7/h2-5H,1H3,(H4,11,12,13,14,15). The summed E-state index contributed by atoms with van der Waals surface area (Å²) < 4.78 is 12.5. The monoisotopic (exact) mass is 210 g/mol. The molecule has 0 radical (unpaired) electrons. The summed E-state index contributed by atoms with van der Waals surface area (Å²) in [6, 6.07) is 4.96. The lowest BCUT2D eigenvalue weighted by atomic mass is 10.3. The minimum absolute atomic E-state index is 0.0547. The number of carbonyl (C=O) groups excluding carboxylic acids is 1. The van der Waals surface area contributed by atoms with Crippen LogP contribution in [0.3, 0.4) is 0 Å². The lowest BCUT2D eigenvalue weighted by molar-refractivity contribution is 0.247. The highest BCUT2D eigenvalue weighted by molar-refractivity contribution is 5.96. The van der Waals surface area contributed by atoms with Crippen LogP contribution in [-0.2, 0) is 0 Å². The highest BCUT2D eigenvalue weighted by atomic mass is 19.1. The molecule has 80 valence electrons. The zero-order valence-electron chi connectivity index (χ0n) is 8.12. The number of rotatable bonds is 1. The van der Waals surface area contributed by atoms with Crippen LogP contribution in [0.2, 0.25) is 0 Å². The fourth-order valence-electron chi connectivity index (χ4n) is 0.861. The Balaban J connectivity index is 2.70. The number of aliphatic imine (C=N–C) groups is 1. The molecular formula is C9H11FN4O. The van der Waals surface area contributed by atoms with Crippen molar-refractivity contribution in [2.24, 2.45) is 10.7 Å². The summed E-state index contributed by atoms with van der Waals surface area (Å²) >= 11 is 0. The zero-order chi connectivity index (χ0) is 11.3. The lowest BCUT2D eigenvalue weighted by Gasteiger charge is -2.02. The Hall–Kier alpha value is -2.11. The Kier molecular flexibility index (Phi) is 3.61. The van der Waals surface area contributed by atoms with Gasteiger partial charge in [0, 0.05) is 7.05 Å². The first-order chi connectivity index (χ1) is 7.11. The van der Waals surface area contributed by atoms with Gasteiger partial charge in [0.25, 0.3) is 0 Å². The molecule has 0 saturated carbocycles. The van der Waals surface area contributed by atoms with Gasteiger partial charge in [-0.1, -0.05) is 0 Å². The molecule has 1 aromatic carbocycles. The van der Waals surface area contributed by atoms with Gasteiger partial charge in [0.15, 0.2) is 0 Å². The summed E-state index contributed by atoms with van der Waals surface area (Å²) in [5.74, 6) is -0.409. The van der Waals surface area contributed by atoms with Crippen LogP contribution in [0.1, 0.15) is 0 Å². The van der Waals surface area contributed by atoms with E-state index in [1.165, 1.54) is 31.3 Å². The molecule has 15 heavy (non-hydrogen) atoms. The normalized spacial score (nSPS) is 10.9. The molecule has 4 N–H and O–H groups in total. The van der Waals surface area contributed by atoms with Crippen molar-refractivity contribution in [1.29, 1.82) is 0 Å². The van der Waals surface area contributed by atoms with Crippen molar-refractivity contribution in [2.75, 3.05) is 7.05 Å². The average molecular weight is 210 g/mol. The van der Waals surface area contributed by atoms with Crippen LogP contribution >= 0.6 is 0 Å². The van der Waals surface area contributed by atoms with Crippen molar-refractivity contribution in [3.8, 4) is 0 Å². The summed E-state index contributed by atoms with van der Waals surface area (Å²) in [7, 11) is 1.46. The number of nitrogens with zero attached hydrogens (tertiary/aromatic N) is 1. The number of nitrogens with two attached hydrogens (primary N) is 1. The summed E-state index contributed by atoms with van der Waals surface area (Å²) in [6.45, 7) is 0. The van der Waals surface area contributed by atoms with Gasteiger partial charge in [0.2, 0.25) is 5.96 Å². The molecule has 0 unspecified atom stereocenters. The molecule has 0 aliphatic heterocycles. The van der Waals surface area contributed by atoms with Gasteiger partial charge in [-0.3, -0.25) is 5.32 Å². The predicted molar refractivity (Wildman–Crippen MR) is 55.3 cm³/mol. The van der Waals surface area contributed by atoms with Gasteiger partial charge in [-0.2, -0.15) is 0 Å². The van der Waals surface area contributed by atoms with E-state index in [1.807, 2.05) is 0 Å². The number of carbonyl (C=O) groups is 1. The van der Waals surface area contributed by atoms with Gasteiger partial charge < -0.3 is 11.1 Å².